The molecule has 0 fully saturated rings. The monoisotopic (exact) mass is 594 g/mol. The van der Waals surface area contributed by atoms with Gasteiger partial charge in [0.05, 0.1) is 10.6 Å². The van der Waals surface area contributed by atoms with E-state index in [9.17, 15) is 14.4 Å². The van der Waals surface area contributed by atoms with Crippen molar-refractivity contribution in [1.82, 2.24) is 15.2 Å². The molecule has 0 aliphatic carbocycles. The van der Waals surface area contributed by atoms with Crippen molar-refractivity contribution in [2.24, 2.45) is 13.0 Å². The van der Waals surface area contributed by atoms with Gasteiger partial charge in [-0.05, 0) is 59.7 Å². The fraction of sp³-hybridized carbons (Fsp3) is 0.207. The Morgan fingerprint density at radius 3 is 2.26 bits per heavy atom. The van der Waals surface area contributed by atoms with Crippen molar-refractivity contribution < 1.29 is 14.4 Å². The number of benzene rings is 3. The van der Waals surface area contributed by atoms with E-state index in [0.717, 1.165) is 26.5 Å². The first-order valence-electron chi connectivity index (χ1n) is 12.1. The molecule has 196 valence electrons. The Kier molecular flexibility index (Phi) is 8.54. The second kappa shape index (κ2) is 11.8. The van der Waals surface area contributed by atoms with E-state index in [2.05, 4.69) is 31.9 Å². The number of amides is 3. The summed E-state index contributed by atoms with van der Waals surface area (Å²) >= 11 is 9.72. The Morgan fingerprint density at radius 1 is 0.868 bits per heavy atom. The normalized spacial score (nSPS) is 11.0. The fourth-order valence-corrected chi connectivity index (χ4v) is 4.44. The van der Waals surface area contributed by atoms with Gasteiger partial charge >= 0.3 is 0 Å². The lowest BCUT2D eigenvalue weighted by atomic mass is 10.1. The van der Waals surface area contributed by atoms with Crippen LogP contribution in [0.3, 0.4) is 0 Å². The summed E-state index contributed by atoms with van der Waals surface area (Å²) in [5.41, 5.74) is 4.02. The topological polar surface area (TPSA) is 92.2 Å². The number of aryl methyl sites for hydroxylation is 1. The van der Waals surface area contributed by atoms with Crippen molar-refractivity contribution in [2.45, 2.75) is 26.9 Å². The third kappa shape index (κ3) is 6.44. The minimum atomic E-state index is -0.366. The van der Waals surface area contributed by atoms with Gasteiger partial charge in [-0.2, -0.15) is 0 Å². The van der Waals surface area contributed by atoms with Gasteiger partial charge < -0.3 is 20.5 Å². The largest absolute Gasteiger partial charge is 0.352 e. The second-order valence-electron chi connectivity index (χ2n) is 9.31. The molecule has 0 atom stereocenters. The average molecular weight is 596 g/mol. The summed E-state index contributed by atoms with van der Waals surface area (Å²) in [6, 6.07) is 20.1. The maximum atomic E-state index is 13.0. The second-order valence-corrected chi connectivity index (χ2v) is 10.6. The van der Waals surface area contributed by atoms with Crippen LogP contribution in [-0.2, 0) is 24.9 Å². The van der Waals surface area contributed by atoms with E-state index in [1.54, 1.807) is 30.3 Å². The van der Waals surface area contributed by atoms with E-state index in [1.807, 2.05) is 61.9 Å². The van der Waals surface area contributed by atoms with Gasteiger partial charge in [0.1, 0.15) is 5.69 Å². The molecule has 0 spiro atoms. The molecule has 9 heteroatoms. The van der Waals surface area contributed by atoms with Gasteiger partial charge in [0.25, 0.3) is 11.8 Å². The van der Waals surface area contributed by atoms with Crippen LogP contribution in [0.5, 0.6) is 0 Å². The first-order valence-corrected chi connectivity index (χ1v) is 13.3. The highest BCUT2D eigenvalue weighted by Crippen LogP contribution is 2.25. The number of nitrogens with zero attached hydrogens (tertiary/aromatic N) is 1. The molecule has 7 nitrogen and oxygen atoms in total. The highest BCUT2D eigenvalue weighted by Gasteiger charge is 2.16. The zero-order valence-corrected chi connectivity index (χ0v) is 23.6. The van der Waals surface area contributed by atoms with Crippen LogP contribution in [0.1, 0.15) is 45.8 Å². The van der Waals surface area contributed by atoms with Crippen LogP contribution >= 0.6 is 27.5 Å². The van der Waals surface area contributed by atoms with Crippen LogP contribution in [0.2, 0.25) is 5.02 Å². The number of hydrogen-bond acceptors (Lipinski definition) is 3. The average Bonchev–Trinajstić information content (AvgIpc) is 3.22. The molecule has 0 aliphatic heterocycles. The third-order valence-electron chi connectivity index (χ3n) is 6.17. The van der Waals surface area contributed by atoms with Crippen LogP contribution in [0.25, 0.3) is 10.9 Å². The van der Waals surface area contributed by atoms with Crippen molar-refractivity contribution in [3.8, 4) is 0 Å². The van der Waals surface area contributed by atoms with Gasteiger partial charge in [0.2, 0.25) is 5.91 Å². The molecule has 0 saturated heterocycles. The van der Waals surface area contributed by atoms with Crippen molar-refractivity contribution in [2.75, 3.05) is 5.32 Å². The Morgan fingerprint density at radius 2 is 1.55 bits per heavy atom. The van der Waals surface area contributed by atoms with Gasteiger partial charge in [-0.3, -0.25) is 14.4 Å². The zero-order valence-electron chi connectivity index (χ0n) is 21.3. The van der Waals surface area contributed by atoms with Gasteiger partial charge in [0.15, 0.2) is 0 Å². The van der Waals surface area contributed by atoms with Gasteiger partial charge in [0, 0.05) is 47.1 Å². The first kappa shape index (κ1) is 27.4. The molecule has 1 aromatic heterocycles. The lowest BCUT2D eigenvalue weighted by Gasteiger charge is -2.11. The molecule has 3 aromatic carbocycles. The van der Waals surface area contributed by atoms with E-state index < -0.39 is 0 Å². The molecule has 0 saturated carbocycles. The summed E-state index contributed by atoms with van der Waals surface area (Å²) < 4.78 is 2.80. The zero-order chi connectivity index (χ0) is 27.4. The number of aromatic nitrogens is 1. The molecule has 0 unspecified atom stereocenters. The van der Waals surface area contributed by atoms with Crippen LogP contribution < -0.4 is 16.0 Å². The standard InChI is InChI=1S/C29H28BrClN4O3/c1-17(2)27(36)32-16-19-6-10-24(31)23(12-19)28(37)34-22-9-11-25-20(13-22)14-26(35(25)3)29(38)33-15-18-4-7-21(30)8-5-18/h4-14,17H,15-16H2,1-3H3,(H,32,36)(H,33,38)(H,34,37). The van der Waals surface area contributed by atoms with Crippen LogP contribution in [0, 0.1) is 5.92 Å². The number of nitrogens with one attached hydrogen (secondary N) is 3. The summed E-state index contributed by atoms with van der Waals surface area (Å²) in [5.74, 6) is -0.750. The minimum Gasteiger partial charge on any atom is -0.352 e. The van der Waals surface area contributed by atoms with E-state index in [4.69, 9.17) is 11.6 Å². The first-order chi connectivity index (χ1) is 18.1. The Labute approximate surface area is 234 Å². The van der Waals surface area contributed by atoms with Crippen LogP contribution in [0.15, 0.2) is 71.2 Å². The molecule has 4 rings (SSSR count). The van der Waals surface area contributed by atoms with Gasteiger partial charge in [-0.15, -0.1) is 0 Å². The molecular formula is C29H28BrClN4O3. The quantitative estimate of drug-likeness (QED) is 0.232. The number of anilines is 1. The molecule has 3 N–H and O–H groups in total. The molecular weight excluding hydrogens is 568 g/mol. The predicted molar refractivity (Wildman–Crippen MR) is 154 cm³/mol. The Hall–Kier alpha value is -3.62. The van der Waals surface area contributed by atoms with E-state index in [-0.39, 0.29) is 23.6 Å². The van der Waals surface area contributed by atoms with Crippen molar-refractivity contribution in [3.63, 3.8) is 0 Å². The summed E-state index contributed by atoms with van der Waals surface area (Å²) in [6.45, 7) is 4.35. The molecule has 0 bridgehead atoms. The summed E-state index contributed by atoms with van der Waals surface area (Å²) in [7, 11) is 1.83. The smallest absolute Gasteiger partial charge is 0.268 e. The lowest BCUT2D eigenvalue weighted by Crippen LogP contribution is -2.27. The molecule has 38 heavy (non-hydrogen) atoms. The number of carbonyl (C=O) groups is 3. The van der Waals surface area contributed by atoms with E-state index in [0.29, 0.717) is 35.1 Å². The summed E-state index contributed by atoms with van der Waals surface area (Å²) in [6.07, 6.45) is 0. The predicted octanol–water partition coefficient (Wildman–Crippen LogP) is 6.05. The van der Waals surface area contributed by atoms with Crippen LogP contribution in [-0.4, -0.2) is 22.3 Å². The number of fused-ring (bicyclic) bond motifs is 1. The number of carbonyl (C=O) groups excluding carboxylic acids is 3. The number of hydrogen-bond donors (Lipinski definition) is 3. The Balaban J connectivity index is 1.47. The molecule has 0 aliphatic rings. The molecule has 1 heterocycles. The van der Waals surface area contributed by atoms with Gasteiger partial charge in [-0.1, -0.05) is 59.6 Å². The maximum absolute atomic E-state index is 13.0. The molecule has 0 radical (unpaired) electrons. The van der Waals surface area contributed by atoms with Gasteiger partial charge in [-0.25, -0.2) is 0 Å². The van der Waals surface area contributed by atoms with Crippen molar-refractivity contribution >= 4 is 61.8 Å². The highest BCUT2D eigenvalue weighted by molar-refractivity contribution is 9.10. The lowest BCUT2D eigenvalue weighted by molar-refractivity contribution is -0.124. The SMILES string of the molecule is CC(C)C(=O)NCc1ccc(Cl)c(C(=O)Nc2ccc3c(c2)cc(C(=O)NCc2ccc(Br)cc2)n3C)c1. The van der Waals surface area contributed by atoms with Crippen molar-refractivity contribution in [3.05, 3.63) is 98.6 Å². The molecule has 3 amide bonds. The molecule has 4 aromatic rings. The highest BCUT2D eigenvalue weighted by atomic mass is 79.9. The minimum absolute atomic E-state index is 0.0662. The van der Waals surface area contributed by atoms with Crippen LogP contribution in [0.4, 0.5) is 5.69 Å². The van der Waals surface area contributed by atoms with E-state index in [1.165, 1.54) is 0 Å². The Bertz CT molecular complexity index is 1510. The summed E-state index contributed by atoms with van der Waals surface area (Å²) in [4.78, 5) is 37.8. The summed E-state index contributed by atoms with van der Waals surface area (Å²) in [5, 5.41) is 9.81. The maximum Gasteiger partial charge on any atom is 0.268 e. The van der Waals surface area contributed by atoms with E-state index >= 15 is 0 Å². The number of halogens is 2. The third-order valence-corrected chi connectivity index (χ3v) is 7.02. The number of rotatable bonds is 8. The fourth-order valence-electron chi connectivity index (χ4n) is 3.97. The van der Waals surface area contributed by atoms with Crippen molar-refractivity contribution in [1.29, 1.82) is 0 Å².